The molecule has 0 aliphatic carbocycles. The lowest BCUT2D eigenvalue weighted by atomic mass is 9.98. The van der Waals surface area contributed by atoms with Crippen molar-refractivity contribution in [2.75, 3.05) is 12.4 Å². The highest BCUT2D eigenvalue weighted by atomic mass is 32.1. The van der Waals surface area contributed by atoms with Gasteiger partial charge < -0.3 is 4.74 Å². The maximum absolute atomic E-state index is 14.5. The molecule has 11 heteroatoms. The first-order chi connectivity index (χ1) is 13.2. The van der Waals surface area contributed by atoms with E-state index in [1.807, 2.05) is 0 Å². The third-order valence-electron chi connectivity index (χ3n) is 3.64. The highest BCUT2D eigenvalue weighted by Crippen LogP contribution is 2.36. The molecule has 1 aromatic carbocycles. The van der Waals surface area contributed by atoms with Gasteiger partial charge in [-0.05, 0) is 25.1 Å². The predicted molar refractivity (Wildman–Crippen MR) is 93.8 cm³/mol. The Balaban J connectivity index is 2.02. The molecule has 28 heavy (non-hydrogen) atoms. The van der Waals surface area contributed by atoms with Gasteiger partial charge in [0.1, 0.15) is 11.6 Å². The fourth-order valence-corrected chi connectivity index (χ4v) is 3.04. The van der Waals surface area contributed by atoms with Gasteiger partial charge in [0, 0.05) is 17.5 Å². The standard InChI is InChI=1S/C17H12F4N4O2S/c1-8-6-9(13-11(18)4-3-5-12(13)27-2)10(7-22-8)14(26)23-16-25-24-15(28-16)17(19,20)21/h3-7H,1-2H3,(H,23,25,26). The maximum atomic E-state index is 14.5. The summed E-state index contributed by atoms with van der Waals surface area (Å²) in [6.07, 6.45) is -3.46. The molecular formula is C17H12F4N4O2S. The van der Waals surface area contributed by atoms with E-state index in [9.17, 15) is 22.4 Å². The molecule has 3 aromatic rings. The molecule has 2 heterocycles. The van der Waals surface area contributed by atoms with Crippen molar-refractivity contribution in [2.45, 2.75) is 13.1 Å². The topological polar surface area (TPSA) is 77.0 Å². The number of anilines is 1. The number of halogens is 4. The Morgan fingerprint density at radius 2 is 2.00 bits per heavy atom. The van der Waals surface area contributed by atoms with Crippen LogP contribution in [0.15, 0.2) is 30.5 Å². The largest absolute Gasteiger partial charge is 0.496 e. The van der Waals surface area contributed by atoms with Crippen LogP contribution in [-0.2, 0) is 6.18 Å². The fraction of sp³-hybridized carbons (Fsp3) is 0.176. The van der Waals surface area contributed by atoms with E-state index in [4.69, 9.17) is 4.74 Å². The number of hydrogen-bond acceptors (Lipinski definition) is 6. The number of hydrogen-bond donors (Lipinski definition) is 1. The van der Waals surface area contributed by atoms with Gasteiger partial charge in [-0.2, -0.15) is 13.2 Å². The molecule has 0 aliphatic rings. The van der Waals surface area contributed by atoms with Crippen molar-refractivity contribution in [1.82, 2.24) is 15.2 Å². The third kappa shape index (κ3) is 3.93. The lowest BCUT2D eigenvalue weighted by Crippen LogP contribution is -2.14. The predicted octanol–water partition coefficient (Wildman–Crippen LogP) is 4.33. The Kier molecular flexibility index (Phi) is 5.27. The summed E-state index contributed by atoms with van der Waals surface area (Å²) in [6, 6.07) is 5.66. The van der Waals surface area contributed by atoms with Crippen LogP contribution in [0.4, 0.5) is 22.7 Å². The number of benzene rings is 1. The molecule has 2 aromatic heterocycles. The number of pyridine rings is 1. The summed E-state index contributed by atoms with van der Waals surface area (Å²) >= 11 is 0.180. The van der Waals surface area contributed by atoms with Gasteiger partial charge in [0.2, 0.25) is 10.1 Å². The van der Waals surface area contributed by atoms with E-state index in [1.54, 1.807) is 6.92 Å². The molecule has 0 spiro atoms. The van der Waals surface area contributed by atoms with Crippen molar-refractivity contribution in [3.8, 4) is 16.9 Å². The van der Waals surface area contributed by atoms with Crippen molar-refractivity contribution in [3.63, 3.8) is 0 Å². The lowest BCUT2D eigenvalue weighted by Gasteiger charge is -2.14. The van der Waals surface area contributed by atoms with Gasteiger partial charge in [0.15, 0.2) is 0 Å². The molecule has 0 bridgehead atoms. The molecule has 0 saturated heterocycles. The average molecular weight is 412 g/mol. The van der Waals surface area contributed by atoms with Crippen LogP contribution in [0, 0.1) is 12.7 Å². The van der Waals surface area contributed by atoms with Gasteiger partial charge >= 0.3 is 6.18 Å². The number of nitrogens with zero attached hydrogens (tertiary/aromatic N) is 3. The number of carbonyl (C=O) groups excluding carboxylic acids is 1. The molecule has 6 nitrogen and oxygen atoms in total. The smallest absolute Gasteiger partial charge is 0.445 e. The molecular weight excluding hydrogens is 400 g/mol. The Bertz CT molecular complexity index is 1040. The molecule has 146 valence electrons. The Hall–Kier alpha value is -3.08. The Morgan fingerprint density at radius 3 is 2.64 bits per heavy atom. The summed E-state index contributed by atoms with van der Waals surface area (Å²) in [4.78, 5) is 16.7. The van der Waals surface area contributed by atoms with Crippen molar-refractivity contribution in [1.29, 1.82) is 0 Å². The van der Waals surface area contributed by atoms with Crippen LogP contribution >= 0.6 is 11.3 Å². The van der Waals surface area contributed by atoms with Crippen molar-refractivity contribution in [3.05, 3.63) is 52.5 Å². The Labute approximate surface area is 160 Å². The molecule has 0 radical (unpaired) electrons. The molecule has 0 unspecified atom stereocenters. The number of rotatable bonds is 4. The minimum Gasteiger partial charge on any atom is -0.496 e. The first kappa shape index (κ1) is 19.7. The molecule has 0 aliphatic heterocycles. The number of aryl methyl sites for hydroxylation is 1. The SMILES string of the molecule is COc1cccc(F)c1-c1cc(C)ncc1C(=O)Nc1nnc(C(F)(F)F)s1. The highest BCUT2D eigenvalue weighted by molar-refractivity contribution is 7.15. The Morgan fingerprint density at radius 1 is 1.25 bits per heavy atom. The molecule has 0 saturated carbocycles. The van der Waals surface area contributed by atoms with Gasteiger partial charge in [0.05, 0.1) is 18.2 Å². The summed E-state index contributed by atoms with van der Waals surface area (Å²) in [6.45, 7) is 1.65. The number of ether oxygens (including phenoxy) is 1. The van der Waals surface area contributed by atoms with Crippen LogP contribution in [0.1, 0.15) is 21.1 Å². The normalized spacial score (nSPS) is 11.4. The van der Waals surface area contributed by atoms with E-state index in [2.05, 4.69) is 20.5 Å². The van der Waals surface area contributed by atoms with Gasteiger partial charge in [0.25, 0.3) is 5.91 Å². The number of aromatic nitrogens is 3. The molecule has 0 atom stereocenters. The second-order valence-electron chi connectivity index (χ2n) is 5.55. The summed E-state index contributed by atoms with van der Waals surface area (Å²) < 4.78 is 57.6. The highest BCUT2D eigenvalue weighted by Gasteiger charge is 2.36. The van der Waals surface area contributed by atoms with Crippen molar-refractivity contribution < 1.29 is 27.1 Å². The summed E-state index contributed by atoms with van der Waals surface area (Å²) in [7, 11) is 1.35. The molecule has 0 fully saturated rings. The van der Waals surface area contributed by atoms with Crippen LogP contribution in [0.3, 0.4) is 0 Å². The van der Waals surface area contributed by atoms with E-state index in [0.717, 1.165) is 0 Å². The fourth-order valence-electron chi connectivity index (χ4n) is 2.44. The number of alkyl halides is 3. The zero-order chi connectivity index (χ0) is 20.5. The zero-order valence-electron chi connectivity index (χ0n) is 14.5. The molecule has 3 rings (SSSR count). The van der Waals surface area contributed by atoms with Gasteiger partial charge in [-0.1, -0.05) is 17.4 Å². The number of nitrogens with one attached hydrogen (secondary N) is 1. The van der Waals surface area contributed by atoms with Crippen LogP contribution < -0.4 is 10.1 Å². The number of amides is 1. The summed E-state index contributed by atoms with van der Waals surface area (Å²) in [5.74, 6) is -1.25. The number of carbonyl (C=O) groups is 1. The van der Waals surface area contributed by atoms with Crippen LogP contribution in [0.25, 0.3) is 11.1 Å². The molecule has 1 amide bonds. The van der Waals surface area contributed by atoms with Crippen molar-refractivity contribution in [2.24, 2.45) is 0 Å². The first-order valence-electron chi connectivity index (χ1n) is 7.72. The minimum absolute atomic E-state index is 0.0360. The van der Waals surface area contributed by atoms with E-state index in [-0.39, 0.29) is 38.9 Å². The minimum atomic E-state index is -4.67. The maximum Gasteiger partial charge on any atom is 0.445 e. The van der Waals surface area contributed by atoms with E-state index in [1.165, 1.54) is 37.6 Å². The van der Waals surface area contributed by atoms with E-state index < -0.39 is 22.9 Å². The monoisotopic (exact) mass is 412 g/mol. The quantitative estimate of drug-likeness (QED) is 0.646. The molecule has 1 N–H and O–H groups in total. The lowest BCUT2D eigenvalue weighted by molar-refractivity contribution is -0.138. The summed E-state index contributed by atoms with van der Waals surface area (Å²) in [5.41, 5.74) is 0.666. The average Bonchev–Trinajstić information content (AvgIpc) is 3.10. The zero-order valence-corrected chi connectivity index (χ0v) is 15.3. The second-order valence-corrected chi connectivity index (χ2v) is 6.53. The first-order valence-corrected chi connectivity index (χ1v) is 8.54. The van der Waals surface area contributed by atoms with Gasteiger partial charge in [-0.3, -0.25) is 15.1 Å². The van der Waals surface area contributed by atoms with Crippen LogP contribution in [0.5, 0.6) is 5.75 Å². The van der Waals surface area contributed by atoms with Gasteiger partial charge in [-0.15, -0.1) is 10.2 Å². The summed E-state index contributed by atoms with van der Waals surface area (Å²) in [5, 5.41) is 7.02. The van der Waals surface area contributed by atoms with Crippen molar-refractivity contribution >= 4 is 22.4 Å². The van der Waals surface area contributed by atoms with E-state index >= 15 is 0 Å². The van der Waals surface area contributed by atoms with Gasteiger partial charge in [-0.25, -0.2) is 4.39 Å². The third-order valence-corrected chi connectivity index (χ3v) is 4.52. The van der Waals surface area contributed by atoms with E-state index in [0.29, 0.717) is 5.69 Å². The van der Waals surface area contributed by atoms with Crippen LogP contribution in [0.2, 0.25) is 0 Å². The van der Waals surface area contributed by atoms with Crippen LogP contribution in [-0.4, -0.2) is 28.2 Å². The second kappa shape index (κ2) is 7.50. The number of methoxy groups -OCH3 is 1.